The Bertz CT molecular complexity index is 7860. The van der Waals surface area contributed by atoms with Crippen LogP contribution in [0.2, 0.25) is 0 Å². The second-order valence-electron chi connectivity index (χ2n) is 32.8. The molecule has 23 aromatic rings. The van der Waals surface area contributed by atoms with Crippen molar-refractivity contribution < 1.29 is 0 Å². The minimum Gasteiger partial charge on any atom is -0.310 e. The number of aromatic nitrogens is 2. The number of benzene rings is 21. The van der Waals surface area contributed by atoms with E-state index in [1.54, 1.807) is 0 Å². The van der Waals surface area contributed by atoms with Crippen LogP contribution in [0.4, 0.5) is 34.1 Å². The lowest BCUT2D eigenvalue weighted by molar-refractivity contribution is 1.18. The highest BCUT2D eigenvalue weighted by atomic mass is 15.2. The minimum absolute atomic E-state index is 1.13. The van der Waals surface area contributed by atoms with Crippen molar-refractivity contribution in [1.82, 2.24) is 9.13 Å². The number of nitrogens with zero attached hydrogens (tertiary/aromatic N) is 4. The summed E-state index contributed by atoms with van der Waals surface area (Å²) in [6.45, 7) is 6.50. The van der Waals surface area contributed by atoms with Gasteiger partial charge in [-0.3, -0.25) is 0 Å². The van der Waals surface area contributed by atoms with Gasteiger partial charge in [-0.2, -0.15) is 0 Å². The lowest BCUT2D eigenvalue weighted by atomic mass is 9.85. The van der Waals surface area contributed by atoms with Crippen molar-refractivity contribution in [3.05, 3.63) is 484 Å². The maximum absolute atomic E-state index is 2.42. The second kappa shape index (κ2) is 32.1. The Morgan fingerprint density at radius 1 is 0.160 bits per heavy atom. The predicted octanol–water partition coefficient (Wildman–Crippen LogP) is 33.7. The van der Waals surface area contributed by atoms with Crippen LogP contribution in [0.5, 0.6) is 0 Å². The van der Waals surface area contributed by atoms with E-state index in [4.69, 9.17) is 0 Å². The van der Waals surface area contributed by atoms with Gasteiger partial charge in [0.1, 0.15) is 0 Å². The van der Waals surface area contributed by atoms with Crippen LogP contribution in [0, 0.1) is 20.8 Å². The number of hydrogen-bond acceptors (Lipinski definition) is 2. The molecule has 4 nitrogen and oxygen atoms in total. The average molecular weight is 1600 g/mol. The molecule has 2 heterocycles. The summed E-state index contributed by atoms with van der Waals surface area (Å²) in [4.78, 5) is 4.75. The maximum Gasteiger partial charge on any atom is 0.0542 e. The third-order valence-corrected chi connectivity index (χ3v) is 25.2. The fraction of sp³-hybridized carbons (Fsp3) is 0.0248. The van der Waals surface area contributed by atoms with E-state index in [1.165, 1.54) is 187 Å². The molecule has 0 aliphatic rings. The molecule has 125 heavy (non-hydrogen) atoms. The lowest BCUT2D eigenvalue weighted by Crippen LogP contribution is -2.11. The van der Waals surface area contributed by atoms with Gasteiger partial charge in [-0.1, -0.05) is 346 Å². The SMILES string of the molecule is Cc1cccc(N(c2cccc(C)c2)c2ccc3c(c2)c2ccccc2n3-c2ccc(-c3c4ccccc4c(-c4ccc(-c5ccc(-c6ccccc6)cc5)cc4)c4ccccc34)cc2)c1.Cc1ccccc1N(c1ccccc1)c1ccc2c(c1)c1ccccc1n2-c1ccc(-c2c3ccccc3c(-c3cccc(-c4ccccc4)c3)c3ccccc23)cc1. The van der Waals surface area contributed by atoms with Gasteiger partial charge in [0, 0.05) is 67.0 Å². The van der Waals surface area contributed by atoms with Gasteiger partial charge in [-0.05, 0) is 280 Å². The Labute approximate surface area is 728 Å². The highest BCUT2D eigenvalue weighted by Gasteiger charge is 2.25. The second-order valence-corrected chi connectivity index (χ2v) is 32.8. The van der Waals surface area contributed by atoms with Gasteiger partial charge in [0.2, 0.25) is 0 Å². The molecule has 21 aromatic carbocycles. The minimum atomic E-state index is 1.13. The Morgan fingerprint density at radius 3 is 0.848 bits per heavy atom. The van der Waals surface area contributed by atoms with Crippen molar-refractivity contribution in [3.8, 4) is 89.3 Å². The first kappa shape index (κ1) is 75.1. The Hall–Kier alpha value is -16.1. The van der Waals surface area contributed by atoms with Crippen LogP contribution in [0.3, 0.4) is 0 Å². The van der Waals surface area contributed by atoms with Gasteiger partial charge in [0.25, 0.3) is 0 Å². The summed E-state index contributed by atoms with van der Waals surface area (Å²) in [6.07, 6.45) is 0. The van der Waals surface area contributed by atoms with Crippen molar-refractivity contribution in [3.63, 3.8) is 0 Å². The molecule has 0 radical (unpaired) electrons. The van der Waals surface area contributed by atoms with Crippen LogP contribution in [0.1, 0.15) is 16.7 Å². The van der Waals surface area contributed by atoms with Gasteiger partial charge < -0.3 is 18.9 Å². The molecular weight excluding hydrogens is 1510 g/mol. The standard InChI is InChI=1S/C64H46N2.C57H40N2/c1-43-14-12-18-52(40-43)65(53-19-13-15-44(2)41-53)54-38-39-62-60(42-54)55-20-10-11-25-61(55)66(62)51-36-34-50(35-37-51)64-58-23-8-6-21-56(58)63(57-22-7-9-24-59(57)64)49-32-30-48(31-33-49)47-28-26-46(27-29-47)45-16-4-3-5-17-45;1-39-17-8-14-29-53(39)58(44-22-6-3-7-23-44)46-35-36-55-52(38-46)47-24-13-15-30-54(47)59(55)45-33-31-41(32-34-45)56-48-25-9-11-27-50(48)57(51-28-12-10-26-49(51)56)43-21-16-20-42(37-43)40-18-4-2-5-19-40/h3-42H,1-2H3;2-38H,1H3. The molecular formula is C121H86N4. The summed E-state index contributed by atoms with van der Waals surface area (Å²) in [6, 6.07) is 171. The molecule has 4 heteroatoms. The highest BCUT2D eigenvalue weighted by Crippen LogP contribution is 2.50. The van der Waals surface area contributed by atoms with Crippen LogP contribution in [-0.4, -0.2) is 9.13 Å². The first-order chi connectivity index (χ1) is 61.8. The van der Waals surface area contributed by atoms with Gasteiger partial charge in [-0.25, -0.2) is 0 Å². The zero-order valence-corrected chi connectivity index (χ0v) is 69.7. The Morgan fingerprint density at radius 2 is 0.440 bits per heavy atom. The Balaban J connectivity index is 0.000000149. The van der Waals surface area contributed by atoms with Crippen molar-refractivity contribution in [1.29, 1.82) is 0 Å². The van der Waals surface area contributed by atoms with E-state index in [-0.39, 0.29) is 0 Å². The summed E-state index contributed by atoms with van der Waals surface area (Å²) in [5.74, 6) is 0. The number of aryl methyl sites for hydroxylation is 3. The average Bonchev–Trinajstić information content (AvgIpc) is 1.69. The van der Waals surface area contributed by atoms with Gasteiger partial charge in [0.05, 0.1) is 22.1 Å². The van der Waals surface area contributed by atoms with E-state index in [0.29, 0.717) is 0 Å². The van der Waals surface area contributed by atoms with Crippen LogP contribution in [-0.2, 0) is 0 Å². The van der Waals surface area contributed by atoms with Crippen LogP contribution < -0.4 is 9.80 Å². The third kappa shape index (κ3) is 13.7. The van der Waals surface area contributed by atoms with E-state index in [2.05, 4.69) is 507 Å². The molecule has 0 spiro atoms. The summed E-state index contributed by atoms with van der Waals surface area (Å²) in [7, 11) is 0. The fourth-order valence-corrected chi connectivity index (χ4v) is 19.4. The van der Waals surface area contributed by atoms with E-state index < -0.39 is 0 Å². The zero-order valence-electron chi connectivity index (χ0n) is 69.7. The molecule has 0 atom stereocenters. The first-order valence-electron chi connectivity index (χ1n) is 43.2. The topological polar surface area (TPSA) is 16.3 Å². The van der Waals surface area contributed by atoms with Crippen LogP contribution in [0.25, 0.3) is 176 Å². The smallest absolute Gasteiger partial charge is 0.0542 e. The molecule has 0 unspecified atom stereocenters. The molecule has 0 saturated heterocycles. The summed E-state index contributed by atoms with van der Waals surface area (Å²) < 4.78 is 4.83. The summed E-state index contributed by atoms with van der Waals surface area (Å²) >= 11 is 0. The van der Waals surface area contributed by atoms with Crippen molar-refractivity contribution in [2.75, 3.05) is 9.80 Å². The molecule has 590 valence electrons. The molecule has 0 amide bonds. The largest absolute Gasteiger partial charge is 0.310 e. The zero-order chi connectivity index (χ0) is 83.4. The Kier molecular flexibility index (Phi) is 19.3. The van der Waals surface area contributed by atoms with E-state index >= 15 is 0 Å². The van der Waals surface area contributed by atoms with Gasteiger partial charge in [-0.15, -0.1) is 0 Å². The number of fused-ring (bicyclic) bond motifs is 10. The lowest BCUT2D eigenvalue weighted by Gasteiger charge is -2.27. The van der Waals surface area contributed by atoms with Crippen LogP contribution >= 0.6 is 0 Å². The molecule has 23 rings (SSSR count). The molecule has 0 aliphatic carbocycles. The summed E-state index contributed by atoms with van der Waals surface area (Å²) in [5.41, 5.74) is 34.7. The monoisotopic (exact) mass is 1590 g/mol. The van der Waals surface area contributed by atoms with Crippen molar-refractivity contribution >= 4 is 121 Å². The third-order valence-electron chi connectivity index (χ3n) is 25.2. The number of hydrogen-bond donors (Lipinski definition) is 0. The first-order valence-corrected chi connectivity index (χ1v) is 43.2. The van der Waals surface area contributed by atoms with Crippen LogP contribution in [0.15, 0.2) is 467 Å². The number of anilines is 6. The molecule has 0 bridgehead atoms. The van der Waals surface area contributed by atoms with E-state index in [1.807, 2.05) is 0 Å². The maximum atomic E-state index is 2.42. The number of rotatable bonds is 15. The quantitative estimate of drug-likeness (QED) is 0.0951. The molecule has 0 saturated carbocycles. The molecule has 0 fully saturated rings. The van der Waals surface area contributed by atoms with Crippen molar-refractivity contribution in [2.45, 2.75) is 20.8 Å². The fourth-order valence-electron chi connectivity index (χ4n) is 19.4. The van der Waals surface area contributed by atoms with Gasteiger partial charge in [0.15, 0.2) is 0 Å². The van der Waals surface area contributed by atoms with E-state index in [9.17, 15) is 0 Å². The van der Waals surface area contributed by atoms with E-state index in [0.717, 1.165) is 39.8 Å². The molecule has 0 aliphatic heterocycles. The van der Waals surface area contributed by atoms with Crippen molar-refractivity contribution in [2.24, 2.45) is 0 Å². The van der Waals surface area contributed by atoms with Gasteiger partial charge >= 0.3 is 0 Å². The predicted molar refractivity (Wildman–Crippen MR) is 533 cm³/mol. The number of para-hydroxylation sites is 4. The normalized spacial score (nSPS) is 11.5. The highest BCUT2D eigenvalue weighted by molar-refractivity contribution is 6.23. The molecule has 2 aromatic heterocycles. The summed E-state index contributed by atoms with van der Waals surface area (Å²) in [5, 5.41) is 14.9. The molecule has 0 N–H and O–H groups in total.